The topological polar surface area (TPSA) is 71.1 Å². The lowest BCUT2D eigenvalue weighted by atomic mass is 10.4. The number of carbonyl (C=O) groups is 2. The number of esters is 2. The zero-order chi connectivity index (χ0) is 13.7. The van der Waals surface area contributed by atoms with Gasteiger partial charge in [0.1, 0.15) is 0 Å². The van der Waals surface area contributed by atoms with Crippen LogP contribution in [0.2, 0.25) is 0 Å². The highest BCUT2D eigenvalue weighted by Crippen LogP contribution is 1.88. The van der Waals surface area contributed by atoms with Crippen LogP contribution in [-0.4, -0.2) is 52.6 Å². The molecule has 0 bridgehead atoms. The molecule has 6 nitrogen and oxygen atoms in total. The number of rotatable bonds is 6. The second kappa shape index (κ2) is 12.9. The standard InChI is InChI=1S/C6H12O3.C5H10O3/c1-3-9-6(7)4-5-8-2;1-4(7-2)5(6)8-3/h3-5H2,1-2H3;4H,1-3H3. The molecule has 102 valence electrons. The highest BCUT2D eigenvalue weighted by atomic mass is 16.6. The first-order chi connectivity index (χ1) is 8.03. The maximum Gasteiger partial charge on any atom is 0.334 e. The Morgan fingerprint density at radius 2 is 1.76 bits per heavy atom. The van der Waals surface area contributed by atoms with Crippen molar-refractivity contribution in [3.63, 3.8) is 0 Å². The average Bonchev–Trinajstić information content (AvgIpc) is 2.35. The van der Waals surface area contributed by atoms with Gasteiger partial charge in [-0.25, -0.2) is 4.79 Å². The van der Waals surface area contributed by atoms with Crippen molar-refractivity contribution in [3.8, 4) is 0 Å². The summed E-state index contributed by atoms with van der Waals surface area (Å²) in [6.07, 6.45) is -0.0929. The lowest BCUT2D eigenvalue weighted by Crippen LogP contribution is -2.19. The Morgan fingerprint density at radius 3 is 2.06 bits per heavy atom. The highest BCUT2D eigenvalue weighted by Gasteiger charge is 2.09. The maximum absolute atomic E-state index is 10.5. The van der Waals surface area contributed by atoms with Crippen LogP contribution in [0.25, 0.3) is 0 Å². The van der Waals surface area contributed by atoms with E-state index in [9.17, 15) is 9.59 Å². The van der Waals surface area contributed by atoms with Crippen LogP contribution in [0.15, 0.2) is 0 Å². The summed E-state index contributed by atoms with van der Waals surface area (Å²) in [5.74, 6) is -0.535. The Hall–Kier alpha value is -1.14. The van der Waals surface area contributed by atoms with Crippen molar-refractivity contribution in [2.24, 2.45) is 0 Å². The Balaban J connectivity index is 0. The lowest BCUT2D eigenvalue weighted by molar-refractivity contribution is -0.151. The summed E-state index contributed by atoms with van der Waals surface area (Å²) in [6, 6.07) is 0. The van der Waals surface area contributed by atoms with Crippen LogP contribution in [0.1, 0.15) is 20.3 Å². The minimum Gasteiger partial charge on any atom is -0.467 e. The van der Waals surface area contributed by atoms with E-state index in [2.05, 4.69) is 18.9 Å². The molecule has 0 amide bonds. The van der Waals surface area contributed by atoms with Crippen molar-refractivity contribution in [3.05, 3.63) is 0 Å². The average molecular weight is 250 g/mol. The van der Waals surface area contributed by atoms with E-state index in [0.717, 1.165) is 0 Å². The van der Waals surface area contributed by atoms with E-state index in [-0.39, 0.29) is 11.9 Å². The van der Waals surface area contributed by atoms with E-state index >= 15 is 0 Å². The van der Waals surface area contributed by atoms with Crippen molar-refractivity contribution in [1.29, 1.82) is 0 Å². The third kappa shape index (κ3) is 12.8. The monoisotopic (exact) mass is 250 g/mol. The molecule has 0 heterocycles. The van der Waals surface area contributed by atoms with E-state index in [0.29, 0.717) is 19.6 Å². The molecule has 1 unspecified atom stereocenters. The molecule has 0 aliphatic carbocycles. The van der Waals surface area contributed by atoms with Gasteiger partial charge < -0.3 is 18.9 Å². The summed E-state index contributed by atoms with van der Waals surface area (Å²) in [5.41, 5.74) is 0. The number of hydrogen-bond acceptors (Lipinski definition) is 6. The number of ether oxygens (including phenoxy) is 4. The number of carbonyl (C=O) groups excluding carboxylic acids is 2. The Kier molecular flexibility index (Phi) is 13.9. The Morgan fingerprint density at radius 1 is 1.18 bits per heavy atom. The van der Waals surface area contributed by atoms with Crippen molar-refractivity contribution >= 4 is 11.9 Å². The zero-order valence-corrected chi connectivity index (χ0v) is 11.1. The van der Waals surface area contributed by atoms with Gasteiger partial charge in [0.2, 0.25) is 0 Å². The van der Waals surface area contributed by atoms with Gasteiger partial charge in [-0.05, 0) is 13.8 Å². The maximum atomic E-state index is 10.5. The van der Waals surface area contributed by atoms with E-state index in [1.807, 2.05) is 0 Å². The van der Waals surface area contributed by atoms with Gasteiger partial charge >= 0.3 is 11.9 Å². The summed E-state index contributed by atoms with van der Waals surface area (Å²) >= 11 is 0. The second-order valence-corrected chi connectivity index (χ2v) is 2.95. The Bertz CT molecular complexity index is 204. The molecule has 0 saturated carbocycles. The van der Waals surface area contributed by atoms with Crippen LogP contribution >= 0.6 is 0 Å². The predicted molar refractivity (Wildman–Crippen MR) is 61.6 cm³/mol. The molecule has 0 aliphatic rings. The summed E-state index contributed by atoms with van der Waals surface area (Å²) in [6.45, 7) is 4.30. The third-order valence-corrected chi connectivity index (χ3v) is 1.70. The second-order valence-electron chi connectivity index (χ2n) is 2.95. The van der Waals surface area contributed by atoms with Gasteiger partial charge in [-0.15, -0.1) is 0 Å². The highest BCUT2D eigenvalue weighted by molar-refractivity contribution is 5.73. The van der Waals surface area contributed by atoms with E-state index in [4.69, 9.17) is 0 Å². The van der Waals surface area contributed by atoms with Crippen LogP contribution in [0.3, 0.4) is 0 Å². The number of methoxy groups -OCH3 is 3. The molecule has 0 fully saturated rings. The first kappa shape index (κ1) is 18.2. The predicted octanol–water partition coefficient (Wildman–Crippen LogP) is 0.780. The zero-order valence-electron chi connectivity index (χ0n) is 11.1. The fourth-order valence-electron chi connectivity index (χ4n) is 0.681. The summed E-state index contributed by atoms with van der Waals surface area (Å²) in [7, 11) is 4.35. The van der Waals surface area contributed by atoms with Crippen molar-refractivity contribution in [2.45, 2.75) is 26.4 Å². The normalized spacial score (nSPS) is 10.9. The molecule has 0 radical (unpaired) electrons. The summed E-state index contributed by atoms with van der Waals surface area (Å²) < 4.78 is 18.3. The SMILES string of the molecule is CCOC(=O)CCOC.COC(=O)C(C)OC. The molecule has 0 aromatic rings. The van der Waals surface area contributed by atoms with Gasteiger partial charge in [-0.3, -0.25) is 4.79 Å². The molecule has 0 aromatic heterocycles. The van der Waals surface area contributed by atoms with Crippen LogP contribution in [0.4, 0.5) is 0 Å². The molecule has 0 N–H and O–H groups in total. The van der Waals surface area contributed by atoms with E-state index < -0.39 is 6.10 Å². The molecule has 6 heteroatoms. The molecule has 0 aliphatic heterocycles. The quantitative estimate of drug-likeness (QED) is 0.649. The third-order valence-electron chi connectivity index (χ3n) is 1.70. The molecular formula is C11H22O6. The molecule has 0 spiro atoms. The minimum atomic E-state index is -0.444. The smallest absolute Gasteiger partial charge is 0.334 e. The van der Waals surface area contributed by atoms with E-state index in [1.165, 1.54) is 14.2 Å². The van der Waals surface area contributed by atoms with E-state index in [1.54, 1.807) is 21.0 Å². The van der Waals surface area contributed by atoms with Gasteiger partial charge in [-0.2, -0.15) is 0 Å². The Labute approximate surface area is 102 Å². The fourth-order valence-corrected chi connectivity index (χ4v) is 0.681. The minimum absolute atomic E-state index is 0.195. The molecule has 17 heavy (non-hydrogen) atoms. The summed E-state index contributed by atoms with van der Waals surface area (Å²) in [4.78, 5) is 20.9. The van der Waals surface area contributed by atoms with Crippen LogP contribution < -0.4 is 0 Å². The largest absolute Gasteiger partial charge is 0.467 e. The van der Waals surface area contributed by atoms with Crippen molar-refractivity contribution in [1.82, 2.24) is 0 Å². The van der Waals surface area contributed by atoms with Crippen molar-refractivity contribution in [2.75, 3.05) is 34.5 Å². The van der Waals surface area contributed by atoms with Gasteiger partial charge in [0, 0.05) is 14.2 Å². The fraction of sp³-hybridized carbons (Fsp3) is 0.818. The summed E-state index contributed by atoms with van der Waals surface area (Å²) in [5, 5.41) is 0. The molecule has 0 saturated heterocycles. The first-order valence-electron chi connectivity index (χ1n) is 5.28. The van der Waals surface area contributed by atoms with Crippen LogP contribution in [-0.2, 0) is 28.5 Å². The van der Waals surface area contributed by atoms with Crippen LogP contribution in [0.5, 0.6) is 0 Å². The van der Waals surface area contributed by atoms with Gasteiger partial charge in [0.05, 0.1) is 26.7 Å². The van der Waals surface area contributed by atoms with Crippen molar-refractivity contribution < 1.29 is 28.5 Å². The lowest BCUT2D eigenvalue weighted by Gasteiger charge is -2.04. The molecule has 0 aromatic carbocycles. The van der Waals surface area contributed by atoms with Crippen LogP contribution in [0, 0.1) is 0 Å². The molecular weight excluding hydrogens is 228 g/mol. The van der Waals surface area contributed by atoms with Gasteiger partial charge in [-0.1, -0.05) is 0 Å². The van der Waals surface area contributed by atoms with Gasteiger partial charge in [0.15, 0.2) is 6.10 Å². The molecule has 0 rings (SSSR count). The number of hydrogen-bond donors (Lipinski definition) is 0. The molecule has 1 atom stereocenters. The van der Waals surface area contributed by atoms with Gasteiger partial charge in [0.25, 0.3) is 0 Å². The first-order valence-corrected chi connectivity index (χ1v) is 5.28.